The van der Waals surface area contributed by atoms with E-state index in [1.807, 2.05) is 12.3 Å². The maximum Gasteiger partial charge on any atom is 0.197 e. The molecule has 0 aromatic carbocycles. The molecule has 0 aliphatic heterocycles. The van der Waals surface area contributed by atoms with Crippen LogP contribution in [-0.4, -0.2) is 16.9 Å². The summed E-state index contributed by atoms with van der Waals surface area (Å²) in [6.07, 6.45) is 1.85. The lowest BCUT2D eigenvalue weighted by Crippen LogP contribution is -2.15. The third-order valence-electron chi connectivity index (χ3n) is 2.16. The van der Waals surface area contributed by atoms with Crippen molar-refractivity contribution in [2.24, 2.45) is 5.84 Å². The van der Waals surface area contributed by atoms with Crippen LogP contribution >= 0.6 is 34.3 Å². The number of nitrogens with zero attached hydrogens (tertiary/aromatic N) is 2. The van der Waals surface area contributed by atoms with Gasteiger partial charge in [0.25, 0.3) is 0 Å². The van der Waals surface area contributed by atoms with Crippen molar-refractivity contribution < 1.29 is 0 Å². The van der Waals surface area contributed by atoms with Crippen LogP contribution < -0.4 is 11.3 Å². The van der Waals surface area contributed by atoms with Crippen LogP contribution in [-0.2, 0) is 13.1 Å². The van der Waals surface area contributed by atoms with Crippen LogP contribution in [0, 0.1) is 0 Å². The lowest BCUT2D eigenvalue weighted by Gasteiger charge is -2.13. The van der Waals surface area contributed by atoms with E-state index >= 15 is 0 Å². The number of thiazole rings is 1. The molecule has 0 radical (unpaired) electrons. The van der Waals surface area contributed by atoms with E-state index in [4.69, 9.17) is 17.4 Å². The Morgan fingerprint density at radius 1 is 1.35 bits per heavy atom. The summed E-state index contributed by atoms with van der Waals surface area (Å²) in [6, 6.07) is 3.99. The van der Waals surface area contributed by atoms with Gasteiger partial charge in [-0.1, -0.05) is 22.9 Å². The first-order valence-corrected chi connectivity index (χ1v) is 7.02. The number of nitrogens with two attached hydrogens (primary N) is 1. The average Bonchev–Trinajstić information content (AvgIpc) is 2.88. The molecule has 0 saturated carbocycles. The number of hydrogen-bond acceptors (Lipinski definition) is 6. The highest BCUT2D eigenvalue weighted by Gasteiger charge is 2.06. The van der Waals surface area contributed by atoms with Gasteiger partial charge in [0.1, 0.15) is 0 Å². The highest BCUT2D eigenvalue weighted by molar-refractivity contribution is 7.16. The van der Waals surface area contributed by atoms with E-state index in [9.17, 15) is 0 Å². The molecule has 0 fully saturated rings. The van der Waals surface area contributed by atoms with Crippen LogP contribution in [0.4, 0.5) is 5.13 Å². The molecule has 2 heterocycles. The normalized spacial score (nSPS) is 11.1. The minimum atomic E-state index is 0.743. The lowest BCUT2D eigenvalue weighted by molar-refractivity contribution is 0.325. The molecule has 92 valence electrons. The molecule has 0 aliphatic rings. The molecular formula is C10H13ClN4S2. The van der Waals surface area contributed by atoms with Gasteiger partial charge in [0.05, 0.1) is 4.34 Å². The Morgan fingerprint density at radius 3 is 2.71 bits per heavy atom. The molecule has 0 amide bonds. The molecular weight excluding hydrogens is 276 g/mol. The second kappa shape index (κ2) is 5.79. The van der Waals surface area contributed by atoms with E-state index in [0.29, 0.717) is 0 Å². The average molecular weight is 289 g/mol. The second-order valence-corrected chi connectivity index (χ2v) is 6.57. The Labute approximate surface area is 113 Å². The van der Waals surface area contributed by atoms with Crippen molar-refractivity contribution in [3.63, 3.8) is 0 Å². The zero-order valence-electron chi connectivity index (χ0n) is 9.31. The topological polar surface area (TPSA) is 54.2 Å². The van der Waals surface area contributed by atoms with Gasteiger partial charge in [-0.2, -0.15) is 0 Å². The number of nitrogens with one attached hydrogen (secondary N) is 1. The van der Waals surface area contributed by atoms with Gasteiger partial charge in [-0.25, -0.2) is 10.8 Å². The van der Waals surface area contributed by atoms with Gasteiger partial charge in [0, 0.05) is 29.0 Å². The van der Waals surface area contributed by atoms with E-state index in [0.717, 1.165) is 22.6 Å². The van der Waals surface area contributed by atoms with E-state index in [1.54, 1.807) is 22.7 Å². The number of rotatable bonds is 5. The standard InChI is InChI=1S/C10H13ClN4S2/c1-15(5-7-2-3-9(11)16-7)6-8-4-13-10(14-12)17-8/h2-4H,5-6,12H2,1H3,(H,13,14). The van der Waals surface area contributed by atoms with Crippen molar-refractivity contribution in [2.75, 3.05) is 12.5 Å². The lowest BCUT2D eigenvalue weighted by atomic mass is 10.4. The fourth-order valence-corrected chi connectivity index (χ4v) is 3.44. The largest absolute Gasteiger partial charge is 0.300 e. The molecule has 0 saturated heterocycles. The second-order valence-electron chi connectivity index (χ2n) is 3.65. The van der Waals surface area contributed by atoms with Gasteiger partial charge in [-0.05, 0) is 19.2 Å². The smallest absolute Gasteiger partial charge is 0.197 e. The first-order chi connectivity index (χ1) is 8.17. The predicted molar refractivity (Wildman–Crippen MR) is 74.4 cm³/mol. The Hall–Kier alpha value is -0.660. The van der Waals surface area contributed by atoms with E-state index in [-0.39, 0.29) is 0 Å². The van der Waals surface area contributed by atoms with Crippen LogP contribution in [0.3, 0.4) is 0 Å². The minimum absolute atomic E-state index is 0.743. The van der Waals surface area contributed by atoms with Gasteiger partial charge in [-0.3, -0.25) is 10.3 Å². The summed E-state index contributed by atoms with van der Waals surface area (Å²) in [5, 5.41) is 0.743. The molecule has 0 unspecified atom stereocenters. The summed E-state index contributed by atoms with van der Waals surface area (Å²) in [5.74, 6) is 5.29. The molecule has 4 nitrogen and oxygen atoms in total. The Balaban J connectivity index is 1.90. The number of hydrogen-bond donors (Lipinski definition) is 2. The number of hydrazine groups is 1. The molecule has 2 aromatic heterocycles. The first-order valence-electron chi connectivity index (χ1n) is 5.01. The molecule has 2 aromatic rings. The zero-order valence-corrected chi connectivity index (χ0v) is 11.7. The molecule has 0 spiro atoms. The first kappa shape index (κ1) is 12.8. The van der Waals surface area contributed by atoms with Crippen LogP contribution in [0.5, 0.6) is 0 Å². The molecule has 0 bridgehead atoms. The molecule has 2 rings (SSSR count). The van der Waals surface area contributed by atoms with Gasteiger partial charge < -0.3 is 0 Å². The zero-order chi connectivity index (χ0) is 12.3. The van der Waals surface area contributed by atoms with Crippen LogP contribution in [0.15, 0.2) is 18.3 Å². The Morgan fingerprint density at radius 2 is 2.12 bits per heavy atom. The van der Waals surface area contributed by atoms with Gasteiger partial charge in [0.15, 0.2) is 5.13 Å². The SMILES string of the molecule is CN(Cc1ccc(Cl)s1)Cc1cnc(NN)s1. The number of thiophene rings is 1. The third kappa shape index (κ3) is 3.65. The monoisotopic (exact) mass is 288 g/mol. The number of aromatic nitrogens is 1. The summed E-state index contributed by atoms with van der Waals surface area (Å²) < 4.78 is 0.834. The molecule has 0 aliphatic carbocycles. The summed E-state index contributed by atoms with van der Waals surface area (Å²) in [6.45, 7) is 1.75. The van der Waals surface area contributed by atoms with Gasteiger partial charge in [-0.15, -0.1) is 11.3 Å². The van der Waals surface area contributed by atoms with Gasteiger partial charge >= 0.3 is 0 Å². The molecule has 0 atom stereocenters. The minimum Gasteiger partial charge on any atom is -0.300 e. The van der Waals surface area contributed by atoms with Crippen LogP contribution in [0.25, 0.3) is 0 Å². The summed E-state index contributed by atoms with van der Waals surface area (Å²) in [4.78, 5) is 8.80. The fourth-order valence-electron chi connectivity index (χ4n) is 1.47. The predicted octanol–water partition coefficient (Wildman–Crippen LogP) is 2.78. The van der Waals surface area contributed by atoms with Crippen LogP contribution in [0.2, 0.25) is 4.34 Å². The summed E-state index contributed by atoms with van der Waals surface area (Å²) in [5.41, 5.74) is 2.55. The van der Waals surface area contributed by atoms with Crippen molar-refractivity contribution in [3.05, 3.63) is 32.4 Å². The number of anilines is 1. The third-order valence-corrected chi connectivity index (χ3v) is 4.29. The Kier molecular flexibility index (Phi) is 4.36. The quantitative estimate of drug-likeness (QED) is 0.656. The van der Waals surface area contributed by atoms with Crippen molar-refractivity contribution in [3.8, 4) is 0 Å². The van der Waals surface area contributed by atoms with E-state index < -0.39 is 0 Å². The van der Waals surface area contributed by atoms with Crippen LogP contribution in [0.1, 0.15) is 9.75 Å². The van der Waals surface area contributed by atoms with Crippen molar-refractivity contribution in [2.45, 2.75) is 13.1 Å². The maximum absolute atomic E-state index is 5.90. The van der Waals surface area contributed by atoms with Crippen molar-refractivity contribution in [1.29, 1.82) is 0 Å². The highest BCUT2D eigenvalue weighted by Crippen LogP contribution is 2.24. The van der Waals surface area contributed by atoms with Gasteiger partial charge in [0.2, 0.25) is 0 Å². The molecule has 7 heteroatoms. The maximum atomic E-state index is 5.90. The van der Waals surface area contributed by atoms with E-state index in [1.165, 1.54) is 9.75 Å². The van der Waals surface area contributed by atoms with Crippen molar-refractivity contribution >= 4 is 39.4 Å². The fraction of sp³-hybridized carbons (Fsp3) is 0.300. The highest BCUT2D eigenvalue weighted by atomic mass is 35.5. The van der Waals surface area contributed by atoms with E-state index in [2.05, 4.69) is 28.4 Å². The molecule has 3 N–H and O–H groups in total. The summed E-state index contributed by atoms with van der Waals surface area (Å²) >= 11 is 9.08. The molecule has 17 heavy (non-hydrogen) atoms. The summed E-state index contributed by atoms with van der Waals surface area (Å²) in [7, 11) is 2.07. The number of nitrogen functional groups attached to an aromatic ring is 1. The van der Waals surface area contributed by atoms with Crippen molar-refractivity contribution in [1.82, 2.24) is 9.88 Å². The Bertz CT molecular complexity index is 482. The number of halogens is 1.